The van der Waals surface area contributed by atoms with Gasteiger partial charge in [-0.2, -0.15) is 0 Å². The van der Waals surface area contributed by atoms with Gasteiger partial charge < -0.3 is 15.8 Å². The lowest BCUT2D eigenvalue weighted by molar-refractivity contribution is 0.385. The molecule has 0 aliphatic carbocycles. The highest BCUT2D eigenvalue weighted by Crippen LogP contribution is 2.22. The molecule has 0 spiro atoms. The van der Waals surface area contributed by atoms with Crippen LogP contribution in [0.3, 0.4) is 0 Å². The Morgan fingerprint density at radius 3 is 2.88 bits per heavy atom. The zero-order chi connectivity index (χ0) is 12.0. The summed E-state index contributed by atoms with van der Waals surface area (Å²) in [6.45, 7) is 3.56. The number of methoxy groups -OCH3 is 1. The summed E-state index contributed by atoms with van der Waals surface area (Å²) < 4.78 is 18.1. The summed E-state index contributed by atoms with van der Waals surface area (Å²) in [4.78, 5) is 0. The Morgan fingerprint density at radius 2 is 2.25 bits per heavy atom. The van der Waals surface area contributed by atoms with Gasteiger partial charge >= 0.3 is 0 Å². The Kier molecular flexibility index (Phi) is 5.22. The predicted molar refractivity (Wildman–Crippen MR) is 63.0 cm³/mol. The third kappa shape index (κ3) is 3.47. The fraction of sp³-hybridized carbons (Fsp3) is 0.500. The molecule has 0 aliphatic heterocycles. The Labute approximate surface area is 95.8 Å². The molecule has 16 heavy (non-hydrogen) atoms. The molecule has 0 bridgehead atoms. The van der Waals surface area contributed by atoms with Crippen LogP contribution < -0.4 is 15.8 Å². The van der Waals surface area contributed by atoms with Crippen LogP contribution in [0.15, 0.2) is 18.2 Å². The fourth-order valence-corrected chi connectivity index (χ4v) is 1.48. The van der Waals surface area contributed by atoms with Crippen molar-refractivity contribution < 1.29 is 9.13 Å². The minimum absolute atomic E-state index is 0.168. The second-order valence-electron chi connectivity index (χ2n) is 3.71. The van der Waals surface area contributed by atoms with Crippen molar-refractivity contribution in [3.8, 4) is 5.75 Å². The second kappa shape index (κ2) is 6.45. The average Bonchev–Trinajstić information content (AvgIpc) is 2.30. The molecule has 0 amide bonds. The van der Waals surface area contributed by atoms with E-state index in [0.29, 0.717) is 6.54 Å². The number of nitrogens with one attached hydrogen (secondary N) is 1. The molecular formula is C12H19FN2O. The van der Waals surface area contributed by atoms with Crippen LogP contribution in [0.1, 0.15) is 24.9 Å². The molecule has 0 aliphatic rings. The predicted octanol–water partition coefficient (Wildman–Crippen LogP) is 1.83. The number of rotatable bonds is 6. The third-order valence-electron chi connectivity index (χ3n) is 2.51. The van der Waals surface area contributed by atoms with Crippen molar-refractivity contribution in [2.24, 2.45) is 5.73 Å². The summed E-state index contributed by atoms with van der Waals surface area (Å²) in [5.74, 6) is -0.0506. The van der Waals surface area contributed by atoms with Crippen molar-refractivity contribution in [3.05, 3.63) is 29.6 Å². The Bertz CT molecular complexity index is 331. The molecule has 1 rings (SSSR count). The van der Waals surface area contributed by atoms with Crippen LogP contribution in [0, 0.1) is 5.82 Å². The largest absolute Gasteiger partial charge is 0.494 e. The van der Waals surface area contributed by atoms with Gasteiger partial charge in [0.05, 0.1) is 7.11 Å². The Hall–Kier alpha value is -1.13. The first-order valence-electron chi connectivity index (χ1n) is 5.46. The van der Waals surface area contributed by atoms with Gasteiger partial charge in [0.15, 0.2) is 11.6 Å². The standard InChI is InChI=1S/C12H19FN2O/c1-9(15-7-3-6-14)10-4-5-11(13)12(8-10)16-2/h4-5,8-9,15H,3,6-7,14H2,1-2H3. The van der Waals surface area contributed by atoms with Gasteiger partial charge in [0.25, 0.3) is 0 Å². The minimum atomic E-state index is -0.333. The van der Waals surface area contributed by atoms with Gasteiger partial charge in [-0.15, -0.1) is 0 Å². The zero-order valence-electron chi connectivity index (χ0n) is 9.79. The average molecular weight is 226 g/mol. The molecule has 1 atom stereocenters. The first-order valence-corrected chi connectivity index (χ1v) is 5.46. The quantitative estimate of drug-likeness (QED) is 0.727. The smallest absolute Gasteiger partial charge is 0.165 e. The van der Waals surface area contributed by atoms with Crippen LogP contribution in [0.5, 0.6) is 5.75 Å². The maximum atomic E-state index is 13.2. The van der Waals surface area contributed by atoms with Gasteiger partial charge in [0.2, 0.25) is 0 Å². The lowest BCUT2D eigenvalue weighted by Gasteiger charge is -2.15. The highest BCUT2D eigenvalue weighted by atomic mass is 19.1. The van der Waals surface area contributed by atoms with E-state index in [1.165, 1.54) is 13.2 Å². The van der Waals surface area contributed by atoms with Crippen molar-refractivity contribution in [3.63, 3.8) is 0 Å². The maximum Gasteiger partial charge on any atom is 0.165 e. The third-order valence-corrected chi connectivity index (χ3v) is 2.51. The van der Waals surface area contributed by atoms with Crippen LogP contribution in [0.25, 0.3) is 0 Å². The SMILES string of the molecule is COc1cc(C(C)NCCCN)ccc1F. The summed E-state index contributed by atoms with van der Waals surface area (Å²) in [7, 11) is 1.47. The molecule has 0 aromatic heterocycles. The Balaban J connectivity index is 2.64. The van der Waals surface area contributed by atoms with Crippen LogP contribution in [-0.2, 0) is 0 Å². The molecule has 0 fully saturated rings. The van der Waals surface area contributed by atoms with E-state index in [-0.39, 0.29) is 17.6 Å². The number of benzene rings is 1. The molecule has 0 saturated heterocycles. The van der Waals surface area contributed by atoms with E-state index in [1.807, 2.05) is 6.92 Å². The molecule has 0 saturated carbocycles. The molecule has 3 nitrogen and oxygen atoms in total. The van der Waals surface area contributed by atoms with Crippen LogP contribution in [0.4, 0.5) is 4.39 Å². The van der Waals surface area contributed by atoms with Gasteiger partial charge in [0.1, 0.15) is 0 Å². The van der Waals surface area contributed by atoms with Crippen molar-refractivity contribution >= 4 is 0 Å². The van der Waals surface area contributed by atoms with E-state index in [9.17, 15) is 4.39 Å². The van der Waals surface area contributed by atoms with Gasteiger partial charge in [-0.3, -0.25) is 0 Å². The molecule has 1 aromatic carbocycles. The molecule has 0 heterocycles. The molecular weight excluding hydrogens is 207 g/mol. The normalized spacial score (nSPS) is 12.5. The number of hydrogen-bond acceptors (Lipinski definition) is 3. The Morgan fingerprint density at radius 1 is 1.50 bits per heavy atom. The van der Waals surface area contributed by atoms with Crippen molar-refractivity contribution in [1.82, 2.24) is 5.32 Å². The van der Waals surface area contributed by atoms with Gasteiger partial charge in [0, 0.05) is 6.04 Å². The van der Waals surface area contributed by atoms with Crippen molar-refractivity contribution in [2.45, 2.75) is 19.4 Å². The molecule has 1 unspecified atom stereocenters. The molecule has 3 N–H and O–H groups in total. The van der Waals surface area contributed by atoms with E-state index in [0.717, 1.165) is 18.5 Å². The van der Waals surface area contributed by atoms with E-state index in [2.05, 4.69) is 5.32 Å². The number of halogens is 1. The van der Waals surface area contributed by atoms with Crippen molar-refractivity contribution in [2.75, 3.05) is 20.2 Å². The zero-order valence-corrected chi connectivity index (χ0v) is 9.79. The molecule has 1 aromatic rings. The molecule has 0 radical (unpaired) electrons. The van der Waals surface area contributed by atoms with E-state index in [1.54, 1.807) is 12.1 Å². The highest BCUT2D eigenvalue weighted by molar-refractivity contribution is 5.31. The summed E-state index contributed by atoms with van der Waals surface area (Å²) >= 11 is 0. The second-order valence-corrected chi connectivity index (χ2v) is 3.71. The lowest BCUT2D eigenvalue weighted by Crippen LogP contribution is -2.21. The van der Waals surface area contributed by atoms with Gasteiger partial charge in [-0.25, -0.2) is 4.39 Å². The van der Waals surface area contributed by atoms with Gasteiger partial charge in [-0.05, 0) is 44.1 Å². The summed E-state index contributed by atoms with van der Waals surface area (Å²) in [5, 5.41) is 3.31. The summed E-state index contributed by atoms with van der Waals surface area (Å²) in [5.41, 5.74) is 6.42. The summed E-state index contributed by atoms with van der Waals surface area (Å²) in [6, 6.07) is 5.07. The van der Waals surface area contributed by atoms with Crippen LogP contribution in [-0.4, -0.2) is 20.2 Å². The highest BCUT2D eigenvalue weighted by Gasteiger charge is 2.08. The van der Waals surface area contributed by atoms with E-state index >= 15 is 0 Å². The van der Waals surface area contributed by atoms with Crippen LogP contribution in [0.2, 0.25) is 0 Å². The maximum absolute atomic E-state index is 13.2. The van der Waals surface area contributed by atoms with Gasteiger partial charge in [-0.1, -0.05) is 6.07 Å². The fourth-order valence-electron chi connectivity index (χ4n) is 1.48. The number of ether oxygens (including phenoxy) is 1. The van der Waals surface area contributed by atoms with Crippen molar-refractivity contribution in [1.29, 1.82) is 0 Å². The van der Waals surface area contributed by atoms with E-state index in [4.69, 9.17) is 10.5 Å². The first kappa shape index (κ1) is 12.9. The summed E-state index contributed by atoms with van der Waals surface area (Å²) in [6.07, 6.45) is 0.933. The topological polar surface area (TPSA) is 47.3 Å². The number of nitrogens with two attached hydrogens (primary N) is 1. The van der Waals surface area contributed by atoms with E-state index < -0.39 is 0 Å². The molecule has 4 heteroatoms. The lowest BCUT2D eigenvalue weighted by atomic mass is 10.1. The van der Waals surface area contributed by atoms with Crippen LogP contribution >= 0.6 is 0 Å². The molecule has 90 valence electrons. The monoisotopic (exact) mass is 226 g/mol. The number of hydrogen-bond donors (Lipinski definition) is 2. The first-order chi connectivity index (χ1) is 7.69. The minimum Gasteiger partial charge on any atom is -0.494 e.